The molecule has 1 N–H and O–H groups in total. The summed E-state index contributed by atoms with van der Waals surface area (Å²) in [7, 11) is 0. The fourth-order valence-corrected chi connectivity index (χ4v) is 3.06. The largest absolute Gasteiger partial charge is 0.306 e. The highest BCUT2D eigenvalue weighted by atomic mass is 32.1. The van der Waals surface area contributed by atoms with Crippen LogP contribution in [0.2, 0.25) is 0 Å². The highest BCUT2D eigenvalue weighted by Crippen LogP contribution is 2.28. The van der Waals surface area contributed by atoms with Gasteiger partial charge in [0.25, 0.3) is 0 Å². The normalized spacial score (nSPS) is 12.6. The predicted octanol–water partition coefficient (Wildman–Crippen LogP) is 3.64. The Kier molecular flexibility index (Phi) is 5.20. The van der Waals surface area contributed by atoms with E-state index in [1.54, 1.807) is 6.92 Å². The Bertz CT molecular complexity index is 568. The number of nitrogens with one attached hydrogen (secondary N) is 1. The van der Waals surface area contributed by atoms with E-state index in [0.717, 1.165) is 35.5 Å². The van der Waals surface area contributed by atoms with Crippen LogP contribution < -0.4 is 5.32 Å². The lowest BCUT2D eigenvalue weighted by molar-refractivity contribution is 0.606. The van der Waals surface area contributed by atoms with Crippen LogP contribution in [0.25, 0.3) is 0 Å². The Morgan fingerprint density at radius 2 is 2.15 bits per heavy atom. The van der Waals surface area contributed by atoms with Gasteiger partial charge in [-0.1, -0.05) is 36.9 Å². The highest BCUT2D eigenvalue weighted by molar-refractivity contribution is 7.05. The molecule has 0 bridgehead atoms. The summed E-state index contributed by atoms with van der Waals surface area (Å²) in [5.41, 5.74) is 2.78. The molecule has 5 heteroatoms. The molecule has 0 radical (unpaired) electrons. The lowest BCUT2D eigenvalue weighted by atomic mass is 10.0. The summed E-state index contributed by atoms with van der Waals surface area (Å²) in [5.74, 6) is -0.166. The molecule has 20 heavy (non-hydrogen) atoms. The van der Waals surface area contributed by atoms with Crippen LogP contribution in [0.4, 0.5) is 4.39 Å². The van der Waals surface area contributed by atoms with Gasteiger partial charge >= 0.3 is 0 Å². The van der Waals surface area contributed by atoms with Crippen molar-refractivity contribution in [1.29, 1.82) is 0 Å². The molecule has 0 saturated carbocycles. The molecule has 2 rings (SSSR count). The monoisotopic (exact) mass is 293 g/mol. The van der Waals surface area contributed by atoms with Crippen molar-refractivity contribution in [3.8, 4) is 0 Å². The fraction of sp³-hybridized carbons (Fsp3) is 0.467. The Morgan fingerprint density at radius 1 is 1.35 bits per heavy atom. The first kappa shape index (κ1) is 15.1. The van der Waals surface area contributed by atoms with Crippen molar-refractivity contribution < 1.29 is 4.39 Å². The Hall–Kier alpha value is -1.33. The molecule has 3 nitrogen and oxygen atoms in total. The number of aromatic nitrogens is 2. The number of benzene rings is 1. The first-order chi connectivity index (χ1) is 9.67. The van der Waals surface area contributed by atoms with Crippen LogP contribution in [0.3, 0.4) is 0 Å². The van der Waals surface area contributed by atoms with Crippen molar-refractivity contribution in [2.24, 2.45) is 0 Å². The van der Waals surface area contributed by atoms with Crippen LogP contribution in [-0.4, -0.2) is 16.1 Å². The van der Waals surface area contributed by atoms with E-state index in [1.165, 1.54) is 17.6 Å². The summed E-state index contributed by atoms with van der Waals surface area (Å²) in [6, 6.07) is 5.31. The van der Waals surface area contributed by atoms with E-state index in [1.807, 2.05) is 12.1 Å². The molecule has 0 fully saturated rings. The van der Waals surface area contributed by atoms with E-state index < -0.39 is 0 Å². The zero-order chi connectivity index (χ0) is 14.5. The van der Waals surface area contributed by atoms with E-state index in [4.69, 9.17) is 0 Å². The standard InChI is InChI=1S/C15H20FN3S/c1-4-6-13-15(20-19-18-13)14(17-5-2)11-7-8-12(16)10(3)9-11/h7-9,14,17H,4-6H2,1-3H3. The van der Waals surface area contributed by atoms with E-state index in [2.05, 4.69) is 28.8 Å². The second-order valence-electron chi connectivity index (χ2n) is 4.83. The van der Waals surface area contributed by atoms with E-state index in [-0.39, 0.29) is 11.9 Å². The number of nitrogens with zero attached hydrogens (tertiary/aromatic N) is 2. The molecule has 1 aromatic carbocycles. The van der Waals surface area contributed by atoms with Gasteiger partial charge in [-0.3, -0.25) is 0 Å². The lowest BCUT2D eigenvalue weighted by Gasteiger charge is -2.18. The number of hydrogen-bond acceptors (Lipinski definition) is 4. The van der Waals surface area contributed by atoms with Crippen LogP contribution in [0.15, 0.2) is 18.2 Å². The summed E-state index contributed by atoms with van der Waals surface area (Å²) in [4.78, 5) is 1.14. The molecule has 1 heterocycles. The van der Waals surface area contributed by atoms with Crippen LogP contribution in [0.5, 0.6) is 0 Å². The Morgan fingerprint density at radius 3 is 2.80 bits per heavy atom. The molecule has 0 saturated heterocycles. The van der Waals surface area contributed by atoms with E-state index in [9.17, 15) is 4.39 Å². The van der Waals surface area contributed by atoms with Crippen molar-refractivity contribution in [3.05, 3.63) is 45.7 Å². The van der Waals surface area contributed by atoms with Gasteiger partial charge in [0, 0.05) is 0 Å². The van der Waals surface area contributed by atoms with Gasteiger partial charge in [-0.2, -0.15) is 0 Å². The van der Waals surface area contributed by atoms with Crippen LogP contribution in [0.1, 0.15) is 48.0 Å². The topological polar surface area (TPSA) is 37.8 Å². The number of aryl methyl sites for hydroxylation is 2. The quantitative estimate of drug-likeness (QED) is 0.883. The van der Waals surface area contributed by atoms with E-state index in [0.29, 0.717) is 5.56 Å². The second-order valence-corrected chi connectivity index (χ2v) is 5.62. The van der Waals surface area contributed by atoms with Crippen LogP contribution in [0, 0.1) is 12.7 Å². The minimum absolute atomic E-state index is 0.0425. The molecule has 1 atom stereocenters. The SMILES string of the molecule is CCCc1nnsc1C(NCC)c1ccc(F)c(C)c1. The molecule has 1 aromatic heterocycles. The van der Waals surface area contributed by atoms with Gasteiger partial charge in [0.15, 0.2) is 0 Å². The van der Waals surface area contributed by atoms with Crippen molar-refractivity contribution in [1.82, 2.24) is 14.9 Å². The Labute approximate surface area is 123 Å². The summed E-state index contributed by atoms with van der Waals surface area (Å²) in [6.07, 6.45) is 1.97. The minimum Gasteiger partial charge on any atom is -0.306 e. The fourth-order valence-electron chi connectivity index (χ4n) is 2.26. The first-order valence-electron chi connectivity index (χ1n) is 6.97. The minimum atomic E-state index is -0.166. The second kappa shape index (κ2) is 6.90. The Balaban J connectivity index is 2.39. The highest BCUT2D eigenvalue weighted by Gasteiger charge is 2.20. The van der Waals surface area contributed by atoms with Crippen molar-refractivity contribution >= 4 is 11.5 Å². The van der Waals surface area contributed by atoms with Gasteiger partial charge in [-0.15, -0.1) is 5.10 Å². The molecule has 0 spiro atoms. The summed E-state index contributed by atoms with van der Waals surface area (Å²) >= 11 is 1.43. The van der Waals surface area contributed by atoms with Crippen molar-refractivity contribution in [2.45, 2.75) is 39.7 Å². The molecule has 0 amide bonds. The molecular formula is C15H20FN3S. The van der Waals surface area contributed by atoms with Gasteiger partial charge in [-0.05, 0) is 48.6 Å². The van der Waals surface area contributed by atoms with Crippen molar-refractivity contribution in [2.75, 3.05) is 6.54 Å². The molecule has 0 aliphatic rings. The van der Waals surface area contributed by atoms with Gasteiger partial charge in [-0.25, -0.2) is 4.39 Å². The third kappa shape index (κ3) is 3.22. The molecule has 2 aromatic rings. The molecule has 0 aliphatic carbocycles. The maximum absolute atomic E-state index is 13.4. The first-order valence-corrected chi connectivity index (χ1v) is 7.75. The van der Waals surface area contributed by atoms with Crippen molar-refractivity contribution in [3.63, 3.8) is 0 Å². The average molecular weight is 293 g/mol. The number of rotatable bonds is 6. The zero-order valence-electron chi connectivity index (χ0n) is 12.1. The lowest BCUT2D eigenvalue weighted by Crippen LogP contribution is -2.22. The molecular weight excluding hydrogens is 273 g/mol. The van der Waals surface area contributed by atoms with Gasteiger partial charge in [0.1, 0.15) is 5.82 Å². The van der Waals surface area contributed by atoms with E-state index >= 15 is 0 Å². The van der Waals surface area contributed by atoms with Gasteiger partial charge < -0.3 is 5.32 Å². The molecule has 0 aliphatic heterocycles. The summed E-state index contributed by atoms with van der Waals surface area (Å²) in [5, 5.41) is 7.68. The number of halogens is 1. The molecule has 108 valence electrons. The zero-order valence-corrected chi connectivity index (χ0v) is 12.9. The summed E-state index contributed by atoms with van der Waals surface area (Å²) in [6.45, 7) is 6.83. The summed E-state index contributed by atoms with van der Waals surface area (Å²) < 4.78 is 17.5. The average Bonchev–Trinajstić information content (AvgIpc) is 2.88. The molecule has 1 unspecified atom stereocenters. The number of hydrogen-bond donors (Lipinski definition) is 1. The van der Waals surface area contributed by atoms with Crippen LogP contribution >= 0.6 is 11.5 Å². The van der Waals surface area contributed by atoms with Gasteiger partial charge in [0.05, 0.1) is 16.6 Å². The van der Waals surface area contributed by atoms with Crippen LogP contribution in [-0.2, 0) is 6.42 Å². The third-order valence-corrected chi connectivity index (χ3v) is 4.09. The third-order valence-electron chi connectivity index (χ3n) is 3.26. The van der Waals surface area contributed by atoms with Gasteiger partial charge in [0.2, 0.25) is 0 Å². The smallest absolute Gasteiger partial charge is 0.126 e. The predicted molar refractivity (Wildman–Crippen MR) is 80.6 cm³/mol. The maximum Gasteiger partial charge on any atom is 0.126 e. The maximum atomic E-state index is 13.4.